The number of likely N-dealkylation sites (tertiary alicyclic amines) is 1. The number of nitrogens with one attached hydrogen (secondary N) is 2. The number of hydrogen-bond donors (Lipinski definition) is 2. The van der Waals surface area contributed by atoms with Crippen LogP contribution in [-0.4, -0.2) is 46.9 Å². The molecular weight excluding hydrogens is 292 g/mol. The van der Waals surface area contributed by atoms with Crippen LogP contribution >= 0.6 is 0 Å². The van der Waals surface area contributed by atoms with Gasteiger partial charge in [0.25, 0.3) is 5.91 Å². The van der Waals surface area contributed by atoms with Crippen molar-refractivity contribution in [3.8, 4) is 0 Å². The summed E-state index contributed by atoms with van der Waals surface area (Å²) in [5.41, 5.74) is 0.477. The van der Waals surface area contributed by atoms with Gasteiger partial charge in [-0.25, -0.2) is 4.98 Å². The largest absolute Gasteiger partial charge is 0.367 e. The summed E-state index contributed by atoms with van der Waals surface area (Å²) in [6.07, 6.45) is 7.19. The number of aromatic nitrogens is 1. The van der Waals surface area contributed by atoms with E-state index in [0.29, 0.717) is 11.6 Å². The van der Waals surface area contributed by atoms with Gasteiger partial charge in [-0.3, -0.25) is 9.59 Å². The lowest BCUT2D eigenvalue weighted by atomic mass is 10.1. The number of amides is 2. The van der Waals surface area contributed by atoms with Crippen LogP contribution in [0, 0.1) is 0 Å². The van der Waals surface area contributed by atoms with E-state index in [4.69, 9.17) is 0 Å². The molecule has 1 saturated carbocycles. The molecule has 1 aromatic rings. The first-order chi connectivity index (χ1) is 11.1. The maximum absolute atomic E-state index is 12.3. The van der Waals surface area contributed by atoms with E-state index in [1.54, 1.807) is 19.2 Å². The third-order valence-corrected chi connectivity index (χ3v) is 4.34. The molecule has 1 aliphatic carbocycles. The fourth-order valence-corrected chi connectivity index (χ4v) is 2.78. The van der Waals surface area contributed by atoms with Crippen LogP contribution < -0.4 is 10.6 Å². The molecule has 1 aromatic heterocycles. The second-order valence-electron chi connectivity index (χ2n) is 6.43. The number of piperidine rings is 1. The van der Waals surface area contributed by atoms with Crippen molar-refractivity contribution in [1.82, 2.24) is 15.2 Å². The van der Waals surface area contributed by atoms with Crippen LogP contribution in [0.1, 0.15) is 49.4 Å². The lowest BCUT2D eigenvalue weighted by molar-refractivity contribution is -0.133. The van der Waals surface area contributed by atoms with Crippen molar-refractivity contribution in [3.63, 3.8) is 0 Å². The van der Waals surface area contributed by atoms with Crippen molar-refractivity contribution in [1.29, 1.82) is 0 Å². The molecule has 2 N–H and O–H groups in total. The summed E-state index contributed by atoms with van der Waals surface area (Å²) < 4.78 is 0. The molecule has 1 aliphatic heterocycles. The second kappa shape index (κ2) is 6.98. The Morgan fingerprint density at radius 1 is 1.22 bits per heavy atom. The molecule has 0 aromatic carbocycles. The summed E-state index contributed by atoms with van der Waals surface area (Å²) in [7, 11) is 0. The highest BCUT2D eigenvalue weighted by Gasteiger charge is 2.24. The molecule has 3 rings (SSSR count). The zero-order chi connectivity index (χ0) is 16.2. The van der Waals surface area contributed by atoms with E-state index < -0.39 is 6.04 Å². The molecule has 0 radical (unpaired) electrons. The summed E-state index contributed by atoms with van der Waals surface area (Å²) >= 11 is 0. The smallest absolute Gasteiger partial charge is 0.253 e. The van der Waals surface area contributed by atoms with Crippen LogP contribution in [0.25, 0.3) is 0 Å². The van der Waals surface area contributed by atoms with Crippen LogP contribution in [-0.2, 0) is 4.79 Å². The number of carbonyl (C=O) groups excluding carboxylic acids is 2. The number of hydrogen-bond acceptors (Lipinski definition) is 4. The Hall–Kier alpha value is -2.11. The molecule has 23 heavy (non-hydrogen) atoms. The number of pyridine rings is 1. The van der Waals surface area contributed by atoms with Crippen molar-refractivity contribution in [3.05, 3.63) is 23.9 Å². The first kappa shape index (κ1) is 15.8. The van der Waals surface area contributed by atoms with Gasteiger partial charge in [0.05, 0.1) is 5.56 Å². The second-order valence-corrected chi connectivity index (χ2v) is 6.43. The van der Waals surface area contributed by atoms with Gasteiger partial charge in [-0.1, -0.05) is 0 Å². The van der Waals surface area contributed by atoms with Crippen molar-refractivity contribution in [2.24, 2.45) is 0 Å². The SMILES string of the molecule is C[C@@H](NC(=O)c1ccc(NC2CC2)nc1)C(=O)N1CCCCC1. The molecule has 6 nitrogen and oxygen atoms in total. The maximum Gasteiger partial charge on any atom is 0.253 e. The molecule has 124 valence electrons. The Labute approximate surface area is 136 Å². The summed E-state index contributed by atoms with van der Waals surface area (Å²) in [4.78, 5) is 30.7. The fourth-order valence-electron chi connectivity index (χ4n) is 2.78. The summed E-state index contributed by atoms with van der Waals surface area (Å²) in [6.45, 7) is 3.33. The lowest BCUT2D eigenvalue weighted by Gasteiger charge is -2.29. The minimum Gasteiger partial charge on any atom is -0.367 e. The van der Waals surface area contributed by atoms with Gasteiger partial charge in [0.15, 0.2) is 0 Å². The van der Waals surface area contributed by atoms with Gasteiger partial charge in [-0.05, 0) is 51.2 Å². The van der Waals surface area contributed by atoms with Crippen LogP contribution in [0.2, 0.25) is 0 Å². The van der Waals surface area contributed by atoms with Crippen LogP contribution in [0.15, 0.2) is 18.3 Å². The zero-order valence-corrected chi connectivity index (χ0v) is 13.5. The van der Waals surface area contributed by atoms with Crippen molar-refractivity contribution < 1.29 is 9.59 Å². The minimum absolute atomic E-state index is 0.00182. The summed E-state index contributed by atoms with van der Waals surface area (Å²) in [6, 6.07) is 3.57. The molecule has 1 atom stereocenters. The monoisotopic (exact) mass is 316 g/mol. The zero-order valence-electron chi connectivity index (χ0n) is 13.5. The first-order valence-corrected chi connectivity index (χ1v) is 8.46. The quantitative estimate of drug-likeness (QED) is 0.868. The van der Waals surface area contributed by atoms with Gasteiger partial charge in [-0.2, -0.15) is 0 Å². The van der Waals surface area contributed by atoms with Gasteiger partial charge < -0.3 is 15.5 Å². The highest BCUT2D eigenvalue weighted by molar-refractivity contribution is 5.97. The standard InChI is InChI=1S/C17H24N4O2/c1-12(17(23)21-9-3-2-4-10-21)19-16(22)13-5-8-15(18-11-13)20-14-6-7-14/h5,8,11-12,14H,2-4,6-7,9-10H2,1H3,(H,18,20)(H,19,22)/t12-/m1/s1. The van der Waals surface area contributed by atoms with Gasteiger partial charge in [-0.15, -0.1) is 0 Å². The predicted octanol–water partition coefficient (Wildman–Crippen LogP) is 1.79. The van der Waals surface area contributed by atoms with E-state index in [2.05, 4.69) is 15.6 Å². The summed E-state index contributed by atoms with van der Waals surface area (Å²) in [5, 5.41) is 6.06. The van der Waals surface area contributed by atoms with Gasteiger partial charge >= 0.3 is 0 Å². The molecule has 2 heterocycles. The van der Waals surface area contributed by atoms with E-state index in [1.807, 2.05) is 11.0 Å². The molecule has 0 unspecified atom stereocenters. The minimum atomic E-state index is -0.509. The van der Waals surface area contributed by atoms with Crippen LogP contribution in [0.3, 0.4) is 0 Å². The van der Waals surface area contributed by atoms with Gasteiger partial charge in [0.2, 0.25) is 5.91 Å². The average molecular weight is 316 g/mol. The Balaban J connectivity index is 1.53. The van der Waals surface area contributed by atoms with Crippen molar-refractivity contribution in [2.45, 2.75) is 51.1 Å². The van der Waals surface area contributed by atoms with E-state index in [0.717, 1.165) is 31.7 Å². The lowest BCUT2D eigenvalue weighted by Crippen LogP contribution is -2.48. The van der Waals surface area contributed by atoms with Crippen LogP contribution in [0.5, 0.6) is 0 Å². The van der Waals surface area contributed by atoms with E-state index in [1.165, 1.54) is 19.3 Å². The van der Waals surface area contributed by atoms with Gasteiger partial charge in [0.1, 0.15) is 11.9 Å². The Morgan fingerprint density at radius 3 is 2.57 bits per heavy atom. The highest BCUT2D eigenvalue weighted by atomic mass is 16.2. The number of anilines is 1. The van der Waals surface area contributed by atoms with Crippen molar-refractivity contribution >= 4 is 17.6 Å². The molecule has 6 heteroatoms. The van der Waals surface area contributed by atoms with Crippen molar-refractivity contribution in [2.75, 3.05) is 18.4 Å². The highest BCUT2D eigenvalue weighted by Crippen LogP contribution is 2.23. The number of rotatable bonds is 5. The third kappa shape index (κ3) is 4.21. The first-order valence-electron chi connectivity index (χ1n) is 8.46. The average Bonchev–Trinajstić information content (AvgIpc) is 3.39. The normalized spacial score (nSPS) is 19.1. The van der Waals surface area contributed by atoms with Crippen LogP contribution in [0.4, 0.5) is 5.82 Å². The maximum atomic E-state index is 12.3. The predicted molar refractivity (Wildman–Crippen MR) is 88.2 cm³/mol. The molecule has 2 aliphatic rings. The molecular formula is C17H24N4O2. The number of carbonyl (C=O) groups is 2. The molecule has 0 bridgehead atoms. The summed E-state index contributed by atoms with van der Waals surface area (Å²) in [5.74, 6) is 0.535. The Morgan fingerprint density at radius 2 is 1.96 bits per heavy atom. The molecule has 2 amide bonds. The Bertz CT molecular complexity index is 562. The molecule has 1 saturated heterocycles. The number of nitrogens with zero attached hydrogens (tertiary/aromatic N) is 2. The third-order valence-electron chi connectivity index (χ3n) is 4.34. The molecule has 0 spiro atoms. The van der Waals surface area contributed by atoms with E-state index >= 15 is 0 Å². The topological polar surface area (TPSA) is 74.3 Å². The van der Waals surface area contributed by atoms with Gasteiger partial charge in [0, 0.05) is 25.3 Å². The fraction of sp³-hybridized carbons (Fsp3) is 0.588. The van der Waals surface area contributed by atoms with E-state index in [9.17, 15) is 9.59 Å². The Kier molecular flexibility index (Phi) is 4.79. The van der Waals surface area contributed by atoms with E-state index in [-0.39, 0.29) is 11.8 Å². The molecule has 2 fully saturated rings.